The molecule has 3 heterocycles. The van der Waals surface area contributed by atoms with Gasteiger partial charge in [0, 0.05) is 30.4 Å². The second kappa shape index (κ2) is 9.10. The summed E-state index contributed by atoms with van der Waals surface area (Å²) < 4.78 is 15.2. The quantitative estimate of drug-likeness (QED) is 0.491. The first-order valence-electron chi connectivity index (χ1n) is 11.2. The summed E-state index contributed by atoms with van der Waals surface area (Å²) in [5.41, 5.74) is -0.734. The first kappa shape index (κ1) is 23.5. The lowest BCUT2D eigenvalue weighted by atomic mass is 9.88. The number of fused-ring (bicyclic) bond motifs is 1. The van der Waals surface area contributed by atoms with Crippen molar-refractivity contribution < 1.29 is 18.8 Å². The third-order valence-corrected chi connectivity index (χ3v) is 6.60. The molecule has 0 saturated carbocycles. The number of piperazine rings is 1. The predicted octanol–water partition coefficient (Wildman–Crippen LogP) is 4.24. The fourth-order valence-corrected chi connectivity index (χ4v) is 4.79. The van der Waals surface area contributed by atoms with Crippen LogP contribution in [0.1, 0.15) is 24.5 Å². The first-order chi connectivity index (χ1) is 17.3. The average molecular weight is 503 g/mol. The van der Waals surface area contributed by atoms with Crippen molar-refractivity contribution in [1.29, 1.82) is 0 Å². The molecule has 1 unspecified atom stereocenters. The van der Waals surface area contributed by atoms with E-state index in [9.17, 15) is 14.4 Å². The lowest BCUT2D eigenvalue weighted by molar-refractivity contribution is -0.137. The zero-order valence-corrected chi connectivity index (χ0v) is 20.0. The van der Waals surface area contributed by atoms with Gasteiger partial charge in [-0.25, -0.2) is 19.1 Å². The molecule has 5 rings (SSSR count). The number of carbonyl (C=O) groups is 3. The number of pyridine rings is 1. The van der Waals surface area contributed by atoms with Crippen LogP contribution in [0.4, 0.5) is 20.7 Å². The second-order valence-corrected chi connectivity index (χ2v) is 9.07. The number of benzene rings is 2. The van der Waals surface area contributed by atoms with Crippen LogP contribution in [0.15, 0.2) is 66.9 Å². The zero-order chi connectivity index (χ0) is 25.4. The van der Waals surface area contributed by atoms with Crippen molar-refractivity contribution in [3.05, 3.63) is 88.8 Å². The number of nitrogens with zero attached hydrogens (tertiary/aromatic N) is 4. The minimum absolute atomic E-state index is 0.129. The van der Waals surface area contributed by atoms with Crippen molar-refractivity contribution in [3.8, 4) is 11.8 Å². The van der Waals surface area contributed by atoms with Gasteiger partial charge in [-0.3, -0.25) is 14.5 Å². The molecule has 0 radical (unpaired) electrons. The molecule has 2 aliphatic rings. The van der Waals surface area contributed by atoms with E-state index in [4.69, 9.17) is 11.6 Å². The lowest BCUT2D eigenvalue weighted by Gasteiger charge is -2.51. The summed E-state index contributed by atoms with van der Waals surface area (Å²) in [6, 6.07) is 16.1. The van der Waals surface area contributed by atoms with Gasteiger partial charge in [-0.15, -0.1) is 0 Å². The van der Waals surface area contributed by atoms with Gasteiger partial charge in [-0.05, 0) is 43.3 Å². The van der Waals surface area contributed by atoms with Gasteiger partial charge in [0.1, 0.15) is 22.9 Å². The molecular weight excluding hydrogens is 483 g/mol. The van der Waals surface area contributed by atoms with Gasteiger partial charge in [0.15, 0.2) is 0 Å². The predicted molar refractivity (Wildman–Crippen MR) is 133 cm³/mol. The topological polar surface area (TPSA) is 73.8 Å². The number of amides is 4. The van der Waals surface area contributed by atoms with Crippen LogP contribution in [0.3, 0.4) is 0 Å². The van der Waals surface area contributed by atoms with Crippen molar-refractivity contribution in [1.82, 2.24) is 9.88 Å². The number of aromatic nitrogens is 1. The maximum Gasteiger partial charge on any atom is 0.332 e. The van der Waals surface area contributed by atoms with E-state index in [1.54, 1.807) is 24.4 Å². The van der Waals surface area contributed by atoms with Crippen molar-refractivity contribution >= 4 is 41.0 Å². The molecule has 1 atom stereocenters. The Morgan fingerprint density at radius 1 is 0.972 bits per heavy atom. The maximum atomic E-state index is 15.2. The third kappa shape index (κ3) is 3.97. The van der Waals surface area contributed by atoms with Crippen LogP contribution in [0.25, 0.3) is 0 Å². The molecule has 7 nitrogen and oxygen atoms in total. The highest BCUT2D eigenvalue weighted by atomic mass is 35.5. The van der Waals surface area contributed by atoms with E-state index in [0.717, 1.165) is 16.5 Å². The van der Waals surface area contributed by atoms with E-state index in [1.807, 2.05) is 30.3 Å². The molecule has 9 heteroatoms. The van der Waals surface area contributed by atoms with Gasteiger partial charge in [0.25, 0.3) is 5.91 Å². The minimum atomic E-state index is -1.43. The Kier molecular flexibility index (Phi) is 5.94. The normalized spacial score (nSPS) is 19.6. The minimum Gasteiger partial charge on any atom is -0.307 e. The zero-order valence-electron chi connectivity index (χ0n) is 19.2. The van der Waals surface area contributed by atoms with Gasteiger partial charge >= 0.3 is 6.03 Å². The van der Waals surface area contributed by atoms with Gasteiger partial charge in [-0.2, -0.15) is 0 Å². The van der Waals surface area contributed by atoms with Crippen molar-refractivity contribution in [3.63, 3.8) is 0 Å². The number of hydrogen-bond acceptors (Lipinski definition) is 4. The number of anilines is 2. The average Bonchev–Trinajstić information content (AvgIpc) is 2.86. The van der Waals surface area contributed by atoms with Gasteiger partial charge < -0.3 is 4.90 Å². The molecule has 2 aliphatic heterocycles. The molecule has 2 fully saturated rings. The van der Waals surface area contributed by atoms with Gasteiger partial charge in [0.05, 0.1) is 11.4 Å². The summed E-state index contributed by atoms with van der Waals surface area (Å²) in [6.45, 7) is 1.86. The number of hydrogen-bond donors (Lipinski definition) is 0. The summed E-state index contributed by atoms with van der Waals surface area (Å²) in [4.78, 5) is 47.7. The number of halogens is 2. The summed E-state index contributed by atoms with van der Waals surface area (Å²) in [6.07, 6.45) is 1.24. The van der Waals surface area contributed by atoms with Gasteiger partial charge in [-0.1, -0.05) is 47.7 Å². The monoisotopic (exact) mass is 502 g/mol. The van der Waals surface area contributed by atoms with E-state index in [0.29, 0.717) is 11.4 Å². The Bertz CT molecular complexity index is 1410. The molecule has 3 aromatic rings. The fraction of sp³-hybridized carbons (Fsp3) is 0.185. The van der Waals surface area contributed by atoms with E-state index in [2.05, 4.69) is 16.8 Å². The molecule has 2 saturated heterocycles. The van der Waals surface area contributed by atoms with Crippen molar-refractivity contribution in [2.24, 2.45) is 0 Å². The second-order valence-electron chi connectivity index (χ2n) is 8.66. The molecule has 1 aromatic heterocycles. The molecular formula is C27H20ClFN4O3. The van der Waals surface area contributed by atoms with Crippen LogP contribution in [-0.4, -0.2) is 46.4 Å². The summed E-state index contributed by atoms with van der Waals surface area (Å²) in [5.74, 6) is 4.19. The van der Waals surface area contributed by atoms with Crippen LogP contribution in [0.2, 0.25) is 5.02 Å². The molecule has 36 heavy (non-hydrogen) atoms. The number of imide groups is 1. The van der Waals surface area contributed by atoms with E-state index < -0.39 is 29.2 Å². The molecule has 0 spiro atoms. The highest BCUT2D eigenvalue weighted by molar-refractivity contribution is 6.35. The Hall–Kier alpha value is -4.22. The van der Waals surface area contributed by atoms with Crippen LogP contribution in [0, 0.1) is 17.7 Å². The van der Waals surface area contributed by atoms with Crippen LogP contribution in [0.5, 0.6) is 0 Å². The van der Waals surface area contributed by atoms with Crippen LogP contribution >= 0.6 is 11.6 Å². The summed E-state index contributed by atoms with van der Waals surface area (Å²) in [5, 5.41) is -0.129. The highest BCUT2D eigenvalue weighted by Gasteiger charge is 2.56. The molecule has 0 aliphatic carbocycles. The summed E-state index contributed by atoms with van der Waals surface area (Å²) >= 11 is 6.37. The Labute approximate surface area is 212 Å². The third-order valence-electron chi connectivity index (χ3n) is 6.31. The number of carbonyl (C=O) groups excluding carboxylic acids is 3. The summed E-state index contributed by atoms with van der Waals surface area (Å²) in [7, 11) is 0. The largest absolute Gasteiger partial charge is 0.332 e. The maximum absolute atomic E-state index is 15.2. The smallest absolute Gasteiger partial charge is 0.307 e. The standard InChI is InChI=1S/C27H20ClFN4O3/c1-27-17-23(34)33(26(36)32(27)14-13-31(25(27)35)22-9-5-6-12-30-22)24-20(28)15-19(16-21(24)29)11-10-18-7-3-2-4-8-18/h2-9,12,15-16H,13-14,17H2,1H3. The molecule has 2 aromatic carbocycles. The van der Waals surface area contributed by atoms with Crippen LogP contribution in [-0.2, 0) is 9.59 Å². The van der Waals surface area contributed by atoms with Gasteiger partial charge in [0.2, 0.25) is 5.91 Å². The lowest BCUT2D eigenvalue weighted by Crippen LogP contribution is -2.73. The first-order valence-corrected chi connectivity index (χ1v) is 11.6. The highest BCUT2D eigenvalue weighted by Crippen LogP contribution is 2.39. The van der Waals surface area contributed by atoms with E-state index >= 15 is 4.39 Å². The molecule has 4 amide bonds. The number of urea groups is 1. The molecule has 0 N–H and O–H groups in total. The van der Waals surface area contributed by atoms with Crippen LogP contribution < -0.4 is 9.80 Å². The van der Waals surface area contributed by atoms with Crippen molar-refractivity contribution in [2.45, 2.75) is 18.9 Å². The SMILES string of the molecule is CC12CC(=O)N(c3c(F)cc(C#Cc4ccccc4)cc3Cl)C(=O)N1CCN(c1ccccn1)C2=O. The number of rotatable bonds is 2. The Balaban J connectivity index is 1.45. The van der Waals surface area contributed by atoms with E-state index in [1.165, 1.54) is 22.8 Å². The molecule has 0 bridgehead atoms. The Morgan fingerprint density at radius 3 is 2.39 bits per heavy atom. The van der Waals surface area contributed by atoms with Crippen molar-refractivity contribution in [2.75, 3.05) is 22.9 Å². The fourth-order valence-electron chi connectivity index (χ4n) is 4.50. The van der Waals surface area contributed by atoms with E-state index in [-0.39, 0.29) is 30.2 Å². The molecule has 180 valence electrons. The Morgan fingerprint density at radius 2 is 1.69 bits per heavy atom.